The van der Waals surface area contributed by atoms with Gasteiger partial charge in [0.05, 0.1) is 17.6 Å². The van der Waals surface area contributed by atoms with Crippen molar-refractivity contribution in [3.05, 3.63) is 59.2 Å². The van der Waals surface area contributed by atoms with Gasteiger partial charge in [0.1, 0.15) is 11.7 Å². The number of hydrogen-bond donors (Lipinski definition) is 2. The van der Waals surface area contributed by atoms with Crippen LogP contribution in [0.3, 0.4) is 0 Å². The van der Waals surface area contributed by atoms with Crippen LogP contribution in [0, 0.1) is 5.92 Å². The zero-order valence-corrected chi connectivity index (χ0v) is 25.4. The maximum atomic E-state index is 12.7. The van der Waals surface area contributed by atoms with Gasteiger partial charge in [-0.1, -0.05) is 36.4 Å². The number of hydrogen-bond acceptors (Lipinski definition) is 7. The SMILES string of the molecule is CC(C)(C)OC(=O)CN[C@@H]1CC[C@@]2(OCCCc3ccccc3)[C@H]3Cc4ccc(O)c5c4[C@@]2(CCN3CC2CC2)[C@H]1O5. The van der Waals surface area contributed by atoms with Gasteiger partial charge in [-0.2, -0.15) is 0 Å². The molecule has 0 radical (unpaired) electrons. The van der Waals surface area contributed by atoms with Crippen molar-refractivity contribution in [2.45, 2.75) is 107 Å². The molecule has 3 aliphatic carbocycles. The van der Waals surface area contributed by atoms with Crippen LogP contribution in [0.25, 0.3) is 0 Å². The van der Waals surface area contributed by atoms with Gasteiger partial charge in [0.2, 0.25) is 0 Å². The Bertz CT molecular complexity index is 1320. The van der Waals surface area contributed by atoms with Crippen molar-refractivity contribution in [3.8, 4) is 11.5 Å². The van der Waals surface area contributed by atoms with Crippen LogP contribution in [-0.4, -0.2) is 71.6 Å². The van der Waals surface area contributed by atoms with Crippen LogP contribution >= 0.6 is 0 Å². The van der Waals surface area contributed by atoms with Crippen molar-refractivity contribution in [3.63, 3.8) is 0 Å². The molecule has 2 saturated carbocycles. The topological polar surface area (TPSA) is 80.3 Å². The van der Waals surface area contributed by atoms with E-state index in [2.05, 4.69) is 46.6 Å². The molecule has 3 fully saturated rings. The molecule has 2 aromatic rings. The van der Waals surface area contributed by atoms with E-state index >= 15 is 0 Å². The minimum absolute atomic E-state index is 0.0491. The number of piperidine rings is 1. The molecule has 2 aliphatic heterocycles. The number of phenols is 1. The van der Waals surface area contributed by atoms with Crippen molar-refractivity contribution in [2.75, 3.05) is 26.2 Å². The third-order valence-electron chi connectivity index (χ3n) is 10.5. The molecule has 5 atom stereocenters. The fourth-order valence-corrected chi connectivity index (χ4v) is 8.72. The molecule has 42 heavy (non-hydrogen) atoms. The zero-order chi connectivity index (χ0) is 29.1. The Labute approximate surface area is 249 Å². The predicted octanol–water partition coefficient (Wildman–Crippen LogP) is 4.91. The summed E-state index contributed by atoms with van der Waals surface area (Å²) in [5.41, 5.74) is 2.48. The molecule has 1 spiro atoms. The molecule has 0 unspecified atom stereocenters. The van der Waals surface area contributed by atoms with E-state index < -0.39 is 11.2 Å². The van der Waals surface area contributed by atoms with Crippen LogP contribution in [-0.2, 0) is 32.5 Å². The number of nitrogens with one attached hydrogen (secondary N) is 1. The average Bonchev–Trinajstić information content (AvgIpc) is 3.70. The van der Waals surface area contributed by atoms with Gasteiger partial charge in [-0.15, -0.1) is 0 Å². The fourth-order valence-electron chi connectivity index (χ4n) is 8.72. The number of aryl methyl sites for hydroxylation is 1. The minimum atomic E-state index is -0.529. The Kier molecular flexibility index (Phi) is 7.06. The molecule has 2 aromatic carbocycles. The number of carbonyl (C=O) groups excluding carboxylic acids is 1. The van der Waals surface area contributed by atoms with Crippen molar-refractivity contribution in [1.29, 1.82) is 0 Å². The van der Waals surface area contributed by atoms with Crippen molar-refractivity contribution >= 4 is 5.97 Å². The summed E-state index contributed by atoms with van der Waals surface area (Å²) in [5, 5.41) is 14.6. The smallest absolute Gasteiger partial charge is 0.320 e. The van der Waals surface area contributed by atoms with Gasteiger partial charge in [0.15, 0.2) is 11.5 Å². The van der Waals surface area contributed by atoms with E-state index in [0.29, 0.717) is 12.4 Å². The number of phenolic OH excluding ortho intramolecular Hbond substituents is 1. The Balaban J connectivity index is 1.22. The largest absolute Gasteiger partial charge is 0.504 e. The van der Waals surface area contributed by atoms with Crippen molar-refractivity contribution in [2.24, 2.45) is 5.92 Å². The summed E-state index contributed by atoms with van der Waals surface area (Å²) >= 11 is 0. The van der Waals surface area contributed by atoms with Crippen molar-refractivity contribution in [1.82, 2.24) is 10.2 Å². The molecule has 5 aliphatic rings. The Hall–Kier alpha value is -2.61. The molecule has 2 N–H and O–H groups in total. The molecule has 1 saturated heterocycles. The first-order chi connectivity index (χ1) is 20.2. The van der Waals surface area contributed by atoms with E-state index in [9.17, 15) is 9.90 Å². The quantitative estimate of drug-likeness (QED) is 0.308. The summed E-state index contributed by atoms with van der Waals surface area (Å²) in [6.45, 7) is 8.66. The van der Waals surface area contributed by atoms with E-state index in [1.54, 1.807) is 6.07 Å². The standard InChI is InChI=1S/C35H46N2O5/c1-33(2,3)42-29(39)21-36-26-15-16-35(40-19-7-10-23-8-5-4-6-9-23)28-20-25-13-14-27(38)31-30(25)34(35,32(26)41-31)17-18-37(28)22-24-11-12-24/h4-6,8-9,13-14,24,26,28,32,36,38H,7,10-12,15-22H2,1-3H3/t26-,28-,32+,34+,35-/m1/s1. The van der Waals surface area contributed by atoms with Gasteiger partial charge in [-0.05, 0) is 102 Å². The summed E-state index contributed by atoms with van der Waals surface area (Å²) in [6, 6.07) is 14.8. The molecule has 7 heteroatoms. The lowest BCUT2D eigenvalue weighted by Gasteiger charge is -2.66. The number of esters is 1. The first-order valence-corrected chi connectivity index (χ1v) is 16.1. The van der Waals surface area contributed by atoms with Crippen LogP contribution in [0.5, 0.6) is 11.5 Å². The second kappa shape index (κ2) is 10.5. The van der Waals surface area contributed by atoms with Gasteiger partial charge >= 0.3 is 5.97 Å². The average molecular weight is 575 g/mol. The Morgan fingerprint density at radius 1 is 1.12 bits per heavy atom. The van der Waals surface area contributed by atoms with Crippen molar-refractivity contribution < 1.29 is 24.1 Å². The number of ether oxygens (including phenoxy) is 3. The zero-order valence-electron chi connectivity index (χ0n) is 25.4. The number of aromatic hydroxyl groups is 1. The number of rotatable bonds is 10. The third kappa shape index (κ3) is 4.72. The molecule has 226 valence electrons. The summed E-state index contributed by atoms with van der Waals surface area (Å²) in [4.78, 5) is 15.5. The van der Waals surface area contributed by atoms with Crippen LogP contribution < -0.4 is 10.1 Å². The van der Waals surface area contributed by atoms with E-state index in [0.717, 1.165) is 57.5 Å². The van der Waals surface area contributed by atoms with E-state index in [-0.39, 0.29) is 41.9 Å². The van der Waals surface area contributed by atoms with Crippen LogP contribution in [0.1, 0.15) is 76.0 Å². The third-order valence-corrected chi connectivity index (χ3v) is 10.5. The molecule has 2 heterocycles. The second-order valence-electron chi connectivity index (χ2n) is 14.3. The first-order valence-electron chi connectivity index (χ1n) is 16.1. The molecular weight excluding hydrogens is 528 g/mol. The highest BCUT2D eigenvalue weighted by Gasteiger charge is 2.74. The fraction of sp³-hybridized carbons (Fsp3) is 0.629. The summed E-state index contributed by atoms with van der Waals surface area (Å²) in [6.07, 6.45) is 7.96. The monoisotopic (exact) mass is 574 g/mol. The number of likely N-dealkylation sites (tertiary alicyclic amines) is 1. The Morgan fingerprint density at radius 3 is 2.69 bits per heavy atom. The number of benzene rings is 2. The maximum absolute atomic E-state index is 12.7. The number of carbonyl (C=O) groups is 1. The van der Waals surface area contributed by atoms with Crippen LogP contribution in [0.15, 0.2) is 42.5 Å². The van der Waals surface area contributed by atoms with Gasteiger partial charge in [-0.25, -0.2) is 0 Å². The lowest BCUT2D eigenvalue weighted by atomic mass is 9.48. The molecule has 7 rings (SSSR count). The first kappa shape index (κ1) is 28.2. The van der Waals surface area contributed by atoms with E-state index in [1.807, 2.05) is 20.8 Å². The molecular formula is C35H46N2O5. The van der Waals surface area contributed by atoms with Gasteiger partial charge in [0.25, 0.3) is 0 Å². The van der Waals surface area contributed by atoms with Crippen LogP contribution in [0.2, 0.25) is 0 Å². The molecule has 0 aromatic heterocycles. The molecule has 0 amide bonds. The minimum Gasteiger partial charge on any atom is -0.504 e. The lowest BCUT2D eigenvalue weighted by molar-refractivity contribution is -0.221. The van der Waals surface area contributed by atoms with Gasteiger partial charge in [0, 0.05) is 30.8 Å². The Morgan fingerprint density at radius 2 is 1.93 bits per heavy atom. The highest BCUT2D eigenvalue weighted by molar-refractivity contribution is 5.72. The summed E-state index contributed by atoms with van der Waals surface area (Å²) in [7, 11) is 0. The maximum Gasteiger partial charge on any atom is 0.320 e. The number of nitrogens with zero attached hydrogens (tertiary/aromatic N) is 1. The lowest BCUT2D eigenvalue weighted by Crippen LogP contribution is -2.79. The normalized spacial score (nSPS) is 31.4. The predicted molar refractivity (Wildman–Crippen MR) is 161 cm³/mol. The molecule has 7 nitrogen and oxygen atoms in total. The van der Waals surface area contributed by atoms with Gasteiger partial charge in [-0.3, -0.25) is 9.69 Å². The highest BCUT2D eigenvalue weighted by Crippen LogP contribution is 2.66. The van der Waals surface area contributed by atoms with Crippen LogP contribution in [0.4, 0.5) is 0 Å². The van der Waals surface area contributed by atoms with E-state index in [4.69, 9.17) is 14.2 Å². The van der Waals surface area contributed by atoms with Gasteiger partial charge < -0.3 is 24.6 Å². The van der Waals surface area contributed by atoms with E-state index in [1.165, 1.54) is 29.5 Å². The second-order valence-corrected chi connectivity index (χ2v) is 14.3. The molecule has 2 bridgehead atoms. The summed E-state index contributed by atoms with van der Waals surface area (Å²) < 4.78 is 19.7. The highest BCUT2D eigenvalue weighted by atomic mass is 16.6. The summed E-state index contributed by atoms with van der Waals surface area (Å²) in [5.74, 6) is 1.39.